The quantitative estimate of drug-likeness (QED) is 0.634. The molecule has 0 unspecified atom stereocenters. The Morgan fingerprint density at radius 1 is 0.741 bits per heavy atom. The minimum atomic E-state index is -3.68. The van der Waals surface area contributed by atoms with Crippen molar-refractivity contribution in [1.29, 1.82) is 0 Å². The number of hydrogen-bond donors (Lipinski definition) is 1. The number of anilines is 1. The predicted octanol–water partition coefficient (Wildman–Crippen LogP) is 5.51. The van der Waals surface area contributed by atoms with Crippen LogP contribution in [0, 0.1) is 27.7 Å². The van der Waals surface area contributed by atoms with Gasteiger partial charge < -0.3 is 4.74 Å². The molecule has 0 heterocycles. The number of sulfonamides is 1. The molecule has 0 saturated carbocycles. The van der Waals surface area contributed by atoms with Gasteiger partial charge in [0.25, 0.3) is 10.0 Å². The van der Waals surface area contributed by atoms with E-state index in [1.54, 1.807) is 24.3 Å². The van der Waals surface area contributed by atoms with Crippen LogP contribution in [0.3, 0.4) is 0 Å². The van der Waals surface area contributed by atoms with Gasteiger partial charge in [0.05, 0.1) is 4.90 Å². The summed E-state index contributed by atoms with van der Waals surface area (Å²) in [7, 11) is -3.68. The lowest BCUT2D eigenvalue weighted by molar-refractivity contribution is 0.483. The first-order valence-electron chi connectivity index (χ1n) is 8.71. The second-order valence-electron chi connectivity index (χ2n) is 6.63. The maximum atomic E-state index is 13.0. The normalized spacial score (nSPS) is 11.3. The molecule has 5 heteroatoms. The van der Waals surface area contributed by atoms with Gasteiger partial charge in [-0.25, -0.2) is 8.42 Å². The third kappa shape index (κ3) is 4.14. The Bertz CT molecular complexity index is 1030. The van der Waals surface area contributed by atoms with Gasteiger partial charge >= 0.3 is 0 Å². The number of rotatable bonds is 5. The summed E-state index contributed by atoms with van der Waals surface area (Å²) in [6.45, 7) is 7.54. The van der Waals surface area contributed by atoms with Crippen LogP contribution in [0.2, 0.25) is 0 Å². The summed E-state index contributed by atoms with van der Waals surface area (Å²) >= 11 is 0. The molecular weight excluding hydrogens is 358 g/mol. The topological polar surface area (TPSA) is 55.4 Å². The highest BCUT2D eigenvalue weighted by atomic mass is 32.2. The standard InChI is InChI=1S/C22H23NO3S/c1-15-14-16(2)18(4)22(17(15)3)27(24,25)23-19-10-12-21(13-11-19)26-20-8-6-5-7-9-20/h5-14,23H,1-4H3. The number of benzene rings is 3. The largest absolute Gasteiger partial charge is 0.457 e. The third-order valence-electron chi connectivity index (χ3n) is 4.65. The van der Waals surface area contributed by atoms with Crippen molar-refractivity contribution in [3.8, 4) is 11.5 Å². The molecule has 4 nitrogen and oxygen atoms in total. The molecule has 0 aliphatic heterocycles. The zero-order chi connectivity index (χ0) is 19.6. The van der Waals surface area contributed by atoms with E-state index in [0.29, 0.717) is 16.3 Å². The van der Waals surface area contributed by atoms with Crippen LogP contribution >= 0.6 is 0 Å². The van der Waals surface area contributed by atoms with Gasteiger partial charge in [0.15, 0.2) is 0 Å². The maximum absolute atomic E-state index is 13.0. The second kappa shape index (κ2) is 7.45. The zero-order valence-corrected chi connectivity index (χ0v) is 16.7. The molecule has 0 aromatic heterocycles. The van der Waals surface area contributed by atoms with Crippen molar-refractivity contribution in [2.75, 3.05) is 4.72 Å². The monoisotopic (exact) mass is 381 g/mol. The Labute approximate surface area is 160 Å². The Morgan fingerprint density at radius 2 is 1.26 bits per heavy atom. The van der Waals surface area contributed by atoms with E-state index in [-0.39, 0.29) is 0 Å². The summed E-state index contributed by atoms with van der Waals surface area (Å²) in [5.41, 5.74) is 3.97. The van der Waals surface area contributed by atoms with E-state index in [1.807, 2.05) is 64.1 Å². The van der Waals surface area contributed by atoms with Crippen molar-refractivity contribution in [1.82, 2.24) is 0 Å². The Hall–Kier alpha value is -2.79. The van der Waals surface area contributed by atoms with Gasteiger partial charge in [-0.3, -0.25) is 4.72 Å². The smallest absolute Gasteiger partial charge is 0.262 e. The molecule has 0 aliphatic rings. The van der Waals surface area contributed by atoms with Gasteiger partial charge in [0.2, 0.25) is 0 Å². The lowest BCUT2D eigenvalue weighted by Crippen LogP contribution is -2.17. The first kappa shape index (κ1) is 19.0. The Kier molecular flexibility index (Phi) is 5.24. The van der Waals surface area contributed by atoms with E-state index in [9.17, 15) is 8.42 Å². The molecule has 3 rings (SSSR count). The van der Waals surface area contributed by atoms with Crippen molar-refractivity contribution in [2.45, 2.75) is 32.6 Å². The molecule has 27 heavy (non-hydrogen) atoms. The molecule has 0 radical (unpaired) electrons. The van der Waals surface area contributed by atoms with Gasteiger partial charge in [-0.05, 0) is 86.3 Å². The van der Waals surface area contributed by atoms with Crippen molar-refractivity contribution in [3.05, 3.63) is 82.9 Å². The first-order chi connectivity index (χ1) is 12.8. The number of aryl methyl sites for hydroxylation is 2. The van der Waals surface area contributed by atoms with E-state index in [4.69, 9.17) is 4.74 Å². The molecule has 0 aliphatic carbocycles. The Balaban J connectivity index is 1.85. The average Bonchev–Trinajstić information content (AvgIpc) is 2.62. The molecule has 0 spiro atoms. The fraction of sp³-hybridized carbons (Fsp3) is 0.182. The summed E-state index contributed by atoms with van der Waals surface area (Å²) in [5.74, 6) is 1.37. The molecule has 140 valence electrons. The first-order valence-corrected chi connectivity index (χ1v) is 10.2. The average molecular weight is 381 g/mol. The summed E-state index contributed by atoms with van der Waals surface area (Å²) in [6, 6.07) is 18.3. The lowest BCUT2D eigenvalue weighted by atomic mass is 10.0. The number of hydrogen-bond acceptors (Lipinski definition) is 3. The highest BCUT2D eigenvalue weighted by Gasteiger charge is 2.22. The predicted molar refractivity (Wildman–Crippen MR) is 109 cm³/mol. The highest BCUT2D eigenvalue weighted by molar-refractivity contribution is 7.92. The zero-order valence-electron chi connectivity index (χ0n) is 15.9. The second-order valence-corrected chi connectivity index (χ2v) is 8.25. The van der Waals surface area contributed by atoms with E-state index in [0.717, 1.165) is 28.0 Å². The number of para-hydroxylation sites is 1. The van der Waals surface area contributed by atoms with E-state index in [1.165, 1.54) is 0 Å². The molecule has 3 aromatic carbocycles. The van der Waals surface area contributed by atoms with Gasteiger partial charge in [0.1, 0.15) is 11.5 Å². The SMILES string of the molecule is Cc1cc(C)c(C)c(S(=O)(=O)Nc2ccc(Oc3ccccc3)cc2)c1C. The molecule has 0 saturated heterocycles. The van der Waals surface area contributed by atoms with Crippen LogP contribution in [0.25, 0.3) is 0 Å². The molecule has 0 amide bonds. The van der Waals surface area contributed by atoms with Crippen molar-refractivity contribution >= 4 is 15.7 Å². The summed E-state index contributed by atoms with van der Waals surface area (Å²) in [5, 5.41) is 0. The summed E-state index contributed by atoms with van der Waals surface area (Å²) in [4.78, 5) is 0.351. The van der Waals surface area contributed by atoms with Crippen molar-refractivity contribution in [3.63, 3.8) is 0 Å². The highest BCUT2D eigenvalue weighted by Crippen LogP contribution is 2.29. The van der Waals surface area contributed by atoms with E-state index < -0.39 is 10.0 Å². The van der Waals surface area contributed by atoms with Crippen LogP contribution in [0.1, 0.15) is 22.3 Å². The molecule has 0 bridgehead atoms. The van der Waals surface area contributed by atoms with Crippen LogP contribution in [-0.2, 0) is 10.0 Å². The molecular formula is C22H23NO3S. The molecule has 3 aromatic rings. The summed E-state index contributed by atoms with van der Waals surface area (Å²) in [6.07, 6.45) is 0. The van der Waals surface area contributed by atoms with Gasteiger partial charge in [-0.15, -0.1) is 0 Å². The summed E-state index contributed by atoms with van der Waals surface area (Å²) < 4.78 is 34.4. The molecule has 0 fully saturated rings. The van der Waals surface area contributed by atoms with Crippen molar-refractivity contribution in [2.24, 2.45) is 0 Å². The van der Waals surface area contributed by atoms with Gasteiger partial charge in [0, 0.05) is 5.69 Å². The fourth-order valence-corrected chi connectivity index (χ4v) is 4.68. The van der Waals surface area contributed by atoms with E-state index >= 15 is 0 Å². The minimum Gasteiger partial charge on any atom is -0.457 e. The maximum Gasteiger partial charge on any atom is 0.262 e. The lowest BCUT2D eigenvalue weighted by Gasteiger charge is -2.17. The van der Waals surface area contributed by atoms with Crippen LogP contribution in [0.15, 0.2) is 65.6 Å². The Morgan fingerprint density at radius 3 is 1.81 bits per heavy atom. The van der Waals surface area contributed by atoms with Gasteiger partial charge in [-0.1, -0.05) is 24.3 Å². The number of ether oxygens (including phenoxy) is 1. The minimum absolute atomic E-state index is 0.351. The van der Waals surface area contributed by atoms with Crippen LogP contribution in [0.5, 0.6) is 11.5 Å². The van der Waals surface area contributed by atoms with Crippen LogP contribution in [0.4, 0.5) is 5.69 Å². The number of nitrogens with one attached hydrogen (secondary N) is 1. The van der Waals surface area contributed by atoms with Gasteiger partial charge in [-0.2, -0.15) is 0 Å². The van der Waals surface area contributed by atoms with Crippen molar-refractivity contribution < 1.29 is 13.2 Å². The van der Waals surface area contributed by atoms with E-state index in [2.05, 4.69) is 4.72 Å². The molecule has 1 N–H and O–H groups in total. The van der Waals surface area contributed by atoms with Crippen LogP contribution in [-0.4, -0.2) is 8.42 Å². The third-order valence-corrected chi connectivity index (χ3v) is 6.31. The molecule has 0 atom stereocenters. The van der Waals surface area contributed by atoms with Crippen LogP contribution < -0.4 is 9.46 Å². The fourth-order valence-electron chi connectivity index (χ4n) is 3.01.